The van der Waals surface area contributed by atoms with E-state index in [1.165, 1.54) is 6.42 Å². The second-order valence-electron chi connectivity index (χ2n) is 4.68. The predicted molar refractivity (Wildman–Crippen MR) is 69.4 cm³/mol. The topological polar surface area (TPSA) is 44.9 Å². The number of nitrogens with one attached hydrogen (secondary N) is 2. The van der Waals surface area contributed by atoms with Gasteiger partial charge >= 0.3 is 0 Å². The van der Waals surface area contributed by atoms with Gasteiger partial charge in [-0.2, -0.15) is 0 Å². The Morgan fingerprint density at radius 1 is 1.24 bits per heavy atom. The van der Waals surface area contributed by atoms with Gasteiger partial charge < -0.3 is 10.3 Å². The van der Waals surface area contributed by atoms with Gasteiger partial charge in [0.15, 0.2) is 0 Å². The fourth-order valence-corrected chi connectivity index (χ4v) is 2.57. The zero-order valence-electron chi connectivity index (χ0n) is 9.70. The molecular formula is C14H16N2O. The Hall–Kier alpha value is -1.61. The molecule has 2 N–H and O–H groups in total. The minimum absolute atomic E-state index is 0.0312. The fourth-order valence-electron chi connectivity index (χ4n) is 2.57. The number of H-pyrrole nitrogens is 1. The van der Waals surface area contributed by atoms with Crippen LogP contribution in [0.2, 0.25) is 0 Å². The zero-order chi connectivity index (χ0) is 11.7. The van der Waals surface area contributed by atoms with Crippen molar-refractivity contribution in [2.24, 2.45) is 0 Å². The quantitative estimate of drug-likeness (QED) is 0.784. The number of pyridine rings is 1. The summed E-state index contributed by atoms with van der Waals surface area (Å²) in [7, 11) is 0. The largest absolute Gasteiger partial charge is 0.325 e. The second kappa shape index (κ2) is 4.34. The molecule has 3 nitrogen and oxygen atoms in total. The lowest BCUT2D eigenvalue weighted by atomic mass is 9.94. The van der Waals surface area contributed by atoms with E-state index in [0.717, 1.165) is 36.0 Å². The van der Waals surface area contributed by atoms with Crippen LogP contribution in [0.25, 0.3) is 10.8 Å². The molecular weight excluding hydrogens is 212 g/mol. The molecule has 17 heavy (non-hydrogen) atoms. The van der Waals surface area contributed by atoms with Crippen molar-refractivity contribution in [2.45, 2.75) is 18.8 Å². The molecule has 2 aromatic rings. The third-order valence-electron chi connectivity index (χ3n) is 3.51. The number of fused-ring (bicyclic) bond motifs is 1. The second-order valence-corrected chi connectivity index (χ2v) is 4.68. The monoisotopic (exact) mass is 228 g/mol. The highest BCUT2D eigenvalue weighted by Gasteiger charge is 2.16. The van der Waals surface area contributed by atoms with Crippen molar-refractivity contribution in [3.05, 3.63) is 46.4 Å². The molecule has 88 valence electrons. The molecule has 3 heteroatoms. The first kappa shape index (κ1) is 10.5. The van der Waals surface area contributed by atoms with Crippen LogP contribution in [0.5, 0.6) is 0 Å². The SMILES string of the molecule is O=c1[nH]c(C2CCCNC2)cc2ccccc12. The highest BCUT2D eigenvalue weighted by atomic mass is 16.1. The van der Waals surface area contributed by atoms with E-state index in [1.54, 1.807) is 0 Å². The Balaban J connectivity index is 2.08. The lowest BCUT2D eigenvalue weighted by Crippen LogP contribution is -2.29. The van der Waals surface area contributed by atoms with Crippen LogP contribution in [0.3, 0.4) is 0 Å². The summed E-state index contributed by atoms with van der Waals surface area (Å²) < 4.78 is 0. The highest BCUT2D eigenvalue weighted by molar-refractivity contribution is 5.81. The lowest BCUT2D eigenvalue weighted by Gasteiger charge is -2.22. The van der Waals surface area contributed by atoms with Crippen LogP contribution in [0.1, 0.15) is 24.5 Å². The van der Waals surface area contributed by atoms with Gasteiger partial charge in [0.05, 0.1) is 0 Å². The molecule has 0 spiro atoms. The van der Waals surface area contributed by atoms with E-state index >= 15 is 0 Å². The molecule has 2 heterocycles. The van der Waals surface area contributed by atoms with Crippen molar-refractivity contribution in [1.29, 1.82) is 0 Å². The molecule has 1 fully saturated rings. The smallest absolute Gasteiger partial charge is 0.256 e. The van der Waals surface area contributed by atoms with E-state index in [0.29, 0.717) is 5.92 Å². The van der Waals surface area contributed by atoms with Crippen LogP contribution < -0.4 is 10.9 Å². The Kier molecular flexibility index (Phi) is 2.69. The number of aromatic nitrogens is 1. The molecule has 0 amide bonds. The summed E-state index contributed by atoms with van der Waals surface area (Å²) in [6.07, 6.45) is 2.33. The third kappa shape index (κ3) is 1.98. The first-order valence-electron chi connectivity index (χ1n) is 6.17. The van der Waals surface area contributed by atoms with Crippen LogP contribution in [-0.2, 0) is 0 Å². The van der Waals surface area contributed by atoms with Crippen LogP contribution in [-0.4, -0.2) is 18.1 Å². The van der Waals surface area contributed by atoms with Crippen molar-refractivity contribution < 1.29 is 0 Å². The fraction of sp³-hybridized carbons (Fsp3) is 0.357. The lowest BCUT2D eigenvalue weighted by molar-refractivity contribution is 0.454. The van der Waals surface area contributed by atoms with E-state index < -0.39 is 0 Å². The summed E-state index contributed by atoms with van der Waals surface area (Å²) in [6, 6.07) is 9.87. The van der Waals surface area contributed by atoms with Crippen LogP contribution in [0.4, 0.5) is 0 Å². The van der Waals surface area contributed by atoms with Crippen LogP contribution in [0, 0.1) is 0 Å². The maximum atomic E-state index is 12.0. The predicted octanol–water partition coefficient (Wildman–Crippen LogP) is 2.00. The molecule has 0 bridgehead atoms. The van der Waals surface area contributed by atoms with E-state index in [2.05, 4.69) is 16.4 Å². The summed E-state index contributed by atoms with van der Waals surface area (Å²) in [6.45, 7) is 2.06. The number of aromatic amines is 1. The highest BCUT2D eigenvalue weighted by Crippen LogP contribution is 2.22. The Bertz CT molecular complexity index is 582. The van der Waals surface area contributed by atoms with Crippen molar-refractivity contribution in [2.75, 3.05) is 13.1 Å². The molecule has 0 saturated carbocycles. The van der Waals surface area contributed by atoms with E-state index in [4.69, 9.17) is 0 Å². The van der Waals surface area contributed by atoms with E-state index in [-0.39, 0.29) is 5.56 Å². The van der Waals surface area contributed by atoms with Crippen LogP contribution in [0.15, 0.2) is 35.1 Å². The molecule has 1 aromatic heterocycles. The first-order valence-corrected chi connectivity index (χ1v) is 6.17. The average Bonchev–Trinajstić information content (AvgIpc) is 2.40. The normalized spacial score (nSPS) is 20.6. The van der Waals surface area contributed by atoms with Gasteiger partial charge in [0.1, 0.15) is 0 Å². The molecule has 1 aliphatic rings. The summed E-state index contributed by atoms with van der Waals surface area (Å²) in [4.78, 5) is 15.0. The Labute approximate surface area is 99.9 Å². The van der Waals surface area contributed by atoms with Crippen molar-refractivity contribution in [3.63, 3.8) is 0 Å². The zero-order valence-corrected chi connectivity index (χ0v) is 9.70. The first-order chi connectivity index (χ1) is 8.34. The van der Waals surface area contributed by atoms with Crippen molar-refractivity contribution >= 4 is 10.8 Å². The number of hydrogen-bond donors (Lipinski definition) is 2. The van der Waals surface area contributed by atoms with Crippen molar-refractivity contribution in [1.82, 2.24) is 10.3 Å². The van der Waals surface area contributed by atoms with Crippen molar-refractivity contribution in [3.8, 4) is 0 Å². The van der Waals surface area contributed by atoms with Gasteiger partial charge in [0.25, 0.3) is 5.56 Å². The minimum atomic E-state index is 0.0312. The number of hydrogen-bond acceptors (Lipinski definition) is 2. The van der Waals surface area contributed by atoms with Gasteiger partial charge in [-0.25, -0.2) is 0 Å². The number of benzene rings is 1. The third-order valence-corrected chi connectivity index (χ3v) is 3.51. The van der Waals surface area contributed by atoms with E-state index in [9.17, 15) is 4.79 Å². The Morgan fingerprint density at radius 2 is 2.12 bits per heavy atom. The van der Waals surface area contributed by atoms with Gasteiger partial charge in [-0.3, -0.25) is 4.79 Å². The summed E-state index contributed by atoms with van der Waals surface area (Å²) in [5, 5.41) is 5.20. The Morgan fingerprint density at radius 3 is 2.94 bits per heavy atom. The minimum Gasteiger partial charge on any atom is -0.325 e. The summed E-state index contributed by atoms with van der Waals surface area (Å²) in [5.74, 6) is 0.445. The molecule has 1 saturated heterocycles. The van der Waals surface area contributed by atoms with Gasteiger partial charge in [-0.1, -0.05) is 18.2 Å². The van der Waals surface area contributed by atoms with Crippen LogP contribution >= 0.6 is 0 Å². The van der Waals surface area contributed by atoms with Gasteiger partial charge in [0.2, 0.25) is 0 Å². The standard InChI is InChI=1S/C14H16N2O/c17-14-12-6-2-1-4-10(12)8-13(16-14)11-5-3-7-15-9-11/h1-2,4,6,8,11,15H,3,5,7,9H2,(H,16,17). The van der Waals surface area contributed by atoms with Gasteiger partial charge in [0, 0.05) is 23.5 Å². The molecule has 1 aliphatic heterocycles. The molecule has 1 unspecified atom stereocenters. The average molecular weight is 228 g/mol. The molecule has 3 rings (SSSR count). The number of rotatable bonds is 1. The molecule has 0 aliphatic carbocycles. The molecule has 1 atom stereocenters. The summed E-state index contributed by atoms with van der Waals surface area (Å²) >= 11 is 0. The van der Waals surface area contributed by atoms with Gasteiger partial charge in [-0.05, 0) is 36.9 Å². The summed E-state index contributed by atoms with van der Waals surface area (Å²) in [5.41, 5.74) is 1.10. The maximum absolute atomic E-state index is 12.0. The molecule has 1 aromatic carbocycles. The number of piperidine rings is 1. The van der Waals surface area contributed by atoms with E-state index in [1.807, 2.05) is 24.3 Å². The maximum Gasteiger partial charge on any atom is 0.256 e. The van der Waals surface area contributed by atoms with Gasteiger partial charge in [-0.15, -0.1) is 0 Å². The molecule has 0 radical (unpaired) electrons.